The van der Waals surface area contributed by atoms with E-state index in [0.29, 0.717) is 20.2 Å². The zero-order chi connectivity index (χ0) is 13.4. The minimum Gasteiger partial charge on any atom is -0.382 e. The number of pyridine rings is 1. The maximum Gasteiger partial charge on any atom is 0.172 e. The Hall–Kier alpha value is -1.43. The van der Waals surface area contributed by atoms with Crippen LogP contribution in [0.15, 0.2) is 40.5 Å². The molecule has 0 unspecified atom stereocenters. The average Bonchev–Trinajstić information content (AvgIpc) is 2.78. The van der Waals surface area contributed by atoms with Crippen molar-refractivity contribution in [2.45, 2.75) is 10.2 Å². The number of fused-ring (bicyclic) bond motifs is 1. The lowest BCUT2D eigenvalue weighted by atomic mass is 10.3. The highest BCUT2D eigenvalue weighted by Crippen LogP contribution is 2.34. The summed E-state index contributed by atoms with van der Waals surface area (Å²) in [5.41, 5.74) is 7.53. The first kappa shape index (κ1) is 12.6. The van der Waals surface area contributed by atoms with Crippen molar-refractivity contribution < 1.29 is 0 Å². The largest absolute Gasteiger partial charge is 0.382 e. The van der Waals surface area contributed by atoms with Gasteiger partial charge in [0.25, 0.3) is 0 Å². The second kappa shape index (κ2) is 4.92. The minimum atomic E-state index is 0.254. The number of rotatable bonds is 2. The van der Waals surface area contributed by atoms with Crippen molar-refractivity contribution in [3.8, 4) is 0 Å². The number of halogens is 2. The fraction of sp³-hybridized carbons (Fsp3) is 0. The highest BCUT2D eigenvalue weighted by molar-refractivity contribution is 7.99. The maximum atomic E-state index is 6.09. The van der Waals surface area contributed by atoms with Crippen LogP contribution in [-0.2, 0) is 0 Å². The summed E-state index contributed by atoms with van der Waals surface area (Å²) in [6.45, 7) is 0. The molecule has 0 fully saturated rings. The molecule has 0 saturated carbocycles. The molecule has 3 N–H and O–H groups in total. The molecule has 0 atom stereocenters. The molecule has 3 rings (SSSR count). The smallest absolute Gasteiger partial charge is 0.172 e. The van der Waals surface area contributed by atoms with Gasteiger partial charge in [-0.25, -0.2) is 9.97 Å². The summed E-state index contributed by atoms with van der Waals surface area (Å²) in [5.74, 6) is 0.254. The molecule has 0 saturated heterocycles. The summed E-state index contributed by atoms with van der Waals surface area (Å²) >= 11 is 13.2. The number of anilines is 1. The first-order valence-corrected chi connectivity index (χ1v) is 6.95. The first-order valence-electron chi connectivity index (χ1n) is 5.37. The molecule has 0 amide bonds. The lowest BCUT2D eigenvalue weighted by Gasteiger charge is -2.03. The third-order valence-electron chi connectivity index (χ3n) is 2.49. The van der Waals surface area contributed by atoms with Gasteiger partial charge in [0, 0.05) is 0 Å². The van der Waals surface area contributed by atoms with Gasteiger partial charge in [0.1, 0.15) is 10.8 Å². The van der Waals surface area contributed by atoms with E-state index in [4.69, 9.17) is 28.9 Å². The number of hydrogen-bond acceptors (Lipinski definition) is 4. The van der Waals surface area contributed by atoms with E-state index >= 15 is 0 Å². The van der Waals surface area contributed by atoms with E-state index in [2.05, 4.69) is 15.0 Å². The van der Waals surface area contributed by atoms with Crippen LogP contribution in [0.2, 0.25) is 10.0 Å². The second-order valence-electron chi connectivity index (χ2n) is 3.80. The van der Waals surface area contributed by atoms with Crippen LogP contribution in [0.1, 0.15) is 0 Å². The van der Waals surface area contributed by atoms with E-state index in [9.17, 15) is 0 Å². The SMILES string of the molecule is Nc1nc(Sc2nc3ccccc3[nH]2)c(Cl)cc1Cl. The molecule has 0 spiro atoms. The second-order valence-corrected chi connectivity index (χ2v) is 5.60. The van der Waals surface area contributed by atoms with Crippen LogP contribution in [0.25, 0.3) is 11.0 Å². The summed E-state index contributed by atoms with van der Waals surface area (Å²) < 4.78 is 0. The van der Waals surface area contributed by atoms with Crippen molar-refractivity contribution in [1.29, 1.82) is 0 Å². The molecule has 0 aliphatic carbocycles. The molecule has 2 heterocycles. The monoisotopic (exact) mass is 310 g/mol. The van der Waals surface area contributed by atoms with Crippen molar-refractivity contribution in [2.75, 3.05) is 5.73 Å². The van der Waals surface area contributed by atoms with Crippen molar-refractivity contribution in [1.82, 2.24) is 15.0 Å². The molecule has 0 aliphatic heterocycles. The Morgan fingerprint density at radius 2 is 1.89 bits per heavy atom. The quantitative estimate of drug-likeness (QED) is 0.750. The Morgan fingerprint density at radius 1 is 1.11 bits per heavy atom. The fourth-order valence-corrected chi connectivity index (χ4v) is 2.87. The number of nitrogens with zero attached hydrogens (tertiary/aromatic N) is 2. The highest BCUT2D eigenvalue weighted by atomic mass is 35.5. The lowest BCUT2D eigenvalue weighted by molar-refractivity contribution is 1.06. The maximum absolute atomic E-state index is 6.09. The summed E-state index contributed by atoms with van der Waals surface area (Å²) in [7, 11) is 0. The van der Waals surface area contributed by atoms with Gasteiger partial charge in [-0.15, -0.1) is 0 Å². The topological polar surface area (TPSA) is 67.6 Å². The number of imidazole rings is 1. The van der Waals surface area contributed by atoms with Crippen LogP contribution >= 0.6 is 35.0 Å². The normalized spacial score (nSPS) is 11.1. The summed E-state index contributed by atoms with van der Waals surface area (Å²) in [6.07, 6.45) is 0. The van der Waals surface area contributed by atoms with E-state index in [-0.39, 0.29) is 5.82 Å². The number of nitrogens with two attached hydrogens (primary N) is 1. The third kappa shape index (κ3) is 2.49. The summed E-state index contributed by atoms with van der Waals surface area (Å²) in [6, 6.07) is 9.35. The van der Waals surface area contributed by atoms with E-state index in [1.165, 1.54) is 11.8 Å². The molecular weight excluding hydrogens is 303 g/mol. The predicted molar refractivity (Wildman–Crippen MR) is 78.9 cm³/mol. The molecule has 0 aliphatic rings. The molecule has 0 radical (unpaired) electrons. The summed E-state index contributed by atoms with van der Waals surface area (Å²) in [5, 5.41) is 2.07. The van der Waals surface area contributed by atoms with Crippen LogP contribution in [0.4, 0.5) is 5.82 Å². The predicted octanol–water partition coefficient (Wildman–Crippen LogP) is 4.00. The third-order valence-corrected chi connectivity index (χ3v) is 4.08. The van der Waals surface area contributed by atoms with Gasteiger partial charge in [0.2, 0.25) is 0 Å². The Kier molecular flexibility index (Phi) is 3.26. The van der Waals surface area contributed by atoms with Crippen LogP contribution in [0, 0.1) is 0 Å². The van der Waals surface area contributed by atoms with Gasteiger partial charge in [0.15, 0.2) is 5.16 Å². The van der Waals surface area contributed by atoms with E-state index in [1.807, 2.05) is 24.3 Å². The summed E-state index contributed by atoms with van der Waals surface area (Å²) in [4.78, 5) is 11.8. The number of nitrogens with one attached hydrogen (secondary N) is 1. The number of aromatic amines is 1. The fourth-order valence-electron chi connectivity index (χ4n) is 1.60. The van der Waals surface area contributed by atoms with Gasteiger partial charge in [-0.2, -0.15) is 0 Å². The van der Waals surface area contributed by atoms with Gasteiger partial charge < -0.3 is 10.7 Å². The van der Waals surface area contributed by atoms with Gasteiger partial charge in [-0.1, -0.05) is 35.3 Å². The van der Waals surface area contributed by atoms with E-state index in [0.717, 1.165) is 11.0 Å². The Bertz CT molecular complexity index is 724. The van der Waals surface area contributed by atoms with Crippen molar-refractivity contribution >= 4 is 51.8 Å². The van der Waals surface area contributed by atoms with E-state index < -0.39 is 0 Å². The Morgan fingerprint density at radius 3 is 2.68 bits per heavy atom. The van der Waals surface area contributed by atoms with Crippen molar-refractivity contribution in [3.63, 3.8) is 0 Å². The zero-order valence-corrected chi connectivity index (χ0v) is 11.9. The zero-order valence-electron chi connectivity index (χ0n) is 9.52. The molecule has 19 heavy (non-hydrogen) atoms. The number of nitrogen functional groups attached to an aromatic ring is 1. The molecule has 7 heteroatoms. The number of hydrogen-bond donors (Lipinski definition) is 2. The molecule has 2 aromatic heterocycles. The van der Waals surface area contributed by atoms with Crippen LogP contribution in [-0.4, -0.2) is 15.0 Å². The number of para-hydroxylation sites is 2. The Labute approximate surface area is 123 Å². The van der Waals surface area contributed by atoms with Crippen molar-refractivity contribution in [3.05, 3.63) is 40.4 Å². The van der Waals surface area contributed by atoms with Gasteiger partial charge in [-0.05, 0) is 30.0 Å². The molecular formula is C12H8Cl2N4S. The van der Waals surface area contributed by atoms with Crippen LogP contribution in [0.5, 0.6) is 0 Å². The molecule has 1 aromatic carbocycles. The average molecular weight is 311 g/mol. The molecule has 96 valence electrons. The lowest BCUT2D eigenvalue weighted by Crippen LogP contribution is -1.93. The number of benzene rings is 1. The number of H-pyrrole nitrogens is 1. The first-order chi connectivity index (χ1) is 9.13. The molecule has 4 nitrogen and oxygen atoms in total. The number of aromatic nitrogens is 3. The van der Waals surface area contributed by atoms with Gasteiger partial charge >= 0.3 is 0 Å². The molecule has 3 aromatic rings. The van der Waals surface area contributed by atoms with Crippen molar-refractivity contribution in [2.24, 2.45) is 0 Å². The highest BCUT2D eigenvalue weighted by Gasteiger charge is 2.11. The van der Waals surface area contributed by atoms with Crippen LogP contribution < -0.4 is 5.73 Å². The Balaban J connectivity index is 1.98. The molecule has 0 bridgehead atoms. The van der Waals surface area contributed by atoms with Gasteiger partial charge in [-0.3, -0.25) is 0 Å². The standard InChI is InChI=1S/C12H8Cl2N4S/c13-6-5-7(14)11(18-10(6)15)19-12-16-8-3-1-2-4-9(8)17-12/h1-5H,(H2,15,18)(H,16,17). The minimum absolute atomic E-state index is 0.254. The van der Waals surface area contributed by atoms with Crippen LogP contribution in [0.3, 0.4) is 0 Å². The van der Waals surface area contributed by atoms with Gasteiger partial charge in [0.05, 0.1) is 21.1 Å². The van der Waals surface area contributed by atoms with E-state index in [1.54, 1.807) is 6.07 Å².